The maximum atomic E-state index is 12.5. The van der Waals surface area contributed by atoms with Crippen molar-refractivity contribution in [3.05, 3.63) is 59.8 Å². The molecule has 0 spiro atoms. The summed E-state index contributed by atoms with van der Waals surface area (Å²) in [5, 5.41) is 0. The van der Waals surface area contributed by atoms with Gasteiger partial charge in [0.1, 0.15) is 12.4 Å². The van der Waals surface area contributed by atoms with E-state index in [4.69, 9.17) is 4.74 Å². The van der Waals surface area contributed by atoms with Gasteiger partial charge in [0.25, 0.3) is 5.56 Å². The Morgan fingerprint density at radius 1 is 1.21 bits per heavy atom. The summed E-state index contributed by atoms with van der Waals surface area (Å²) in [7, 11) is 0. The summed E-state index contributed by atoms with van der Waals surface area (Å²) in [6, 6.07) is 7.30. The van der Waals surface area contributed by atoms with Gasteiger partial charge in [-0.05, 0) is 59.8 Å². The number of thiazole rings is 1. The molecule has 124 valence electrons. The highest BCUT2D eigenvalue weighted by molar-refractivity contribution is 9.11. The number of nitrogens with zero attached hydrogens (tertiary/aromatic N) is 2. The molecule has 0 unspecified atom stereocenters. The van der Waals surface area contributed by atoms with E-state index in [-0.39, 0.29) is 12.2 Å². The lowest BCUT2D eigenvalue weighted by atomic mass is 10.0. The third-order valence-electron chi connectivity index (χ3n) is 4.08. The van der Waals surface area contributed by atoms with Crippen molar-refractivity contribution in [3.8, 4) is 5.75 Å². The van der Waals surface area contributed by atoms with Crippen molar-refractivity contribution < 1.29 is 4.74 Å². The summed E-state index contributed by atoms with van der Waals surface area (Å²) in [5.41, 5.74) is 1.81. The molecule has 4 nitrogen and oxygen atoms in total. The zero-order valence-electron chi connectivity index (χ0n) is 12.7. The second kappa shape index (κ2) is 6.61. The molecule has 1 aromatic carbocycles. The number of hydrogen-bond donors (Lipinski definition) is 0. The molecule has 2 aromatic heterocycles. The molecular weight excluding hydrogens is 456 g/mol. The highest BCUT2D eigenvalue weighted by Gasteiger charge is 2.18. The van der Waals surface area contributed by atoms with Crippen LogP contribution in [0.4, 0.5) is 0 Å². The fourth-order valence-electron chi connectivity index (χ4n) is 2.96. The van der Waals surface area contributed by atoms with E-state index in [1.807, 2.05) is 18.2 Å². The first-order valence-corrected chi connectivity index (χ1v) is 10.1. The molecule has 1 aliphatic carbocycles. The molecule has 0 bridgehead atoms. The third kappa shape index (κ3) is 3.05. The van der Waals surface area contributed by atoms with Crippen LogP contribution in [0.1, 0.15) is 29.1 Å². The Morgan fingerprint density at radius 3 is 2.88 bits per heavy atom. The second-order valence-corrected chi connectivity index (χ2v) is 8.58. The van der Waals surface area contributed by atoms with Crippen LogP contribution in [0.3, 0.4) is 0 Å². The Kier molecular flexibility index (Phi) is 4.49. The maximum absolute atomic E-state index is 12.5. The highest BCUT2D eigenvalue weighted by atomic mass is 79.9. The second-order valence-electron chi connectivity index (χ2n) is 5.75. The Labute approximate surface area is 159 Å². The van der Waals surface area contributed by atoms with Gasteiger partial charge in [0.2, 0.25) is 0 Å². The zero-order valence-corrected chi connectivity index (χ0v) is 16.7. The quantitative estimate of drug-likeness (QED) is 0.556. The summed E-state index contributed by atoms with van der Waals surface area (Å²) in [6.45, 7) is 0.272. The topological polar surface area (TPSA) is 43.6 Å². The lowest BCUT2D eigenvalue weighted by Crippen LogP contribution is -2.18. The molecule has 4 rings (SSSR count). The molecule has 1 aliphatic rings. The Morgan fingerprint density at radius 2 is 2.04 bits per heavy atom. The fourth-order valence-corrected chi connectivity index (χ4v) is 5.35. The Balaban J connectivity index is 1.64. The lowest BCUT2D eigenvalue weighted by Gasteiger charge is -2.10. The number of hydrogen-bond acceptors (Lipinski definition) is 4. The van der Waals surface area contributed by atoms with Gasteiger partial charge in [0, 0.05) is 21.1 Å². The average Bonchev–Trinajstić information content (AvgIpc) is 2.92. The molecule has 0 amide bonds. The van der Waals surface area contributed by atoms with Crippen LogP contribution in [-0.4, -0.2) is 9.38 Å². The van der Waals surface area contributed by atoms with E-state index < -0.39 is 0 Å². The van der Waals surface area contributed by atoms with Crippen LogP contribution in [0.5, 0.6) is 5.75 Å². The molecule has 0 atom stereocenters. The summed E-state index contributed by atoms with van der Waals surface area (Å²) in [4.78, 5) is 19.2. The molecule has 2 heterocycles. The number of fused-ring (bicyclic) bond motifs is 3. The Bertz CT molecular complexity index is 981. The van der Waals surface area contributed by atoms with Crippen molar-refractivity contribution in [2.75, 3.05) is 0 Å². The maximum Gasteiger partial charge on any atom is 0.259 e. The van der Waals surface area contributed by atoms with Crippen LogP contribution in [0.15, 0.2) is 38.0 Å². The third-order valence-corrected chi connectivity index (χ3v) is 6.34. The predicted octanol–water partition coefficient (Wildman–Crippen LogP) is 4.74. The molecule has 0 aliphatic heterocycles. The van der Waals surface area contributed by atoms with E-state index in [2.05, 4.69) is 36.8 Å². The SMILES string of the molecule is O=c1cc(COc2ccc(Br)cc2Br)nc2sc3c(n12)CCCC3. The minimum absolute atomic E-state index is 0.00660. The largest absolute Gasteiger partial charge is 0.486 e. The smallest absolute Gasteiger partial charge is 0.259 e. The van der Waals surface area contributed by atoms with Gasteiger partial charge < -0.3 is 4.74 Å². The molecule has 0 N–H and O–H groups in total. The summed E-state index contributed by atoms with van der Waals surface area (Å²) >= 11 is 8.53. The van der Waals surface area contributed by atoms with Crippen molar-refractivity contribution in [2.45, 2.75) is 32.3 Å². The van der Waals surface area contributed by atoms with Crippen LogP contribution in [0.2, 0.25) is 0 Å². The van der Waals surface area contributed by atoms with Gasteiger partial charge in [-0.2, -0.15) is 0 Å². The monoisotopic (exact) mass is 468 g/mol. The van der Waals surface area contributed by atoms with Gasteiger partial charge in [-0.25, -0.2) is 4.98 Å². The average molecular weight is 470 g/mol. The normalized spacial score (nSPS) is 13.9. The van der Waals surface area contributed by atoms with Gasteiger partial charge in [0.15, 0.2) is 4.96 Å². The van der Waals surface area contributed by atoms with E-state index in [0.29, 0.717) is 5.69 Å². The first-order chi connectivity index (χ1) is 11.6. The number of aryl methyl sites for hydroxylation is 2. The van der Waals surface area contributed by atoms with Crippen molar-refractivity contribution in [1.82, 2.24) is 9.38 Å². The lowest BCUT2D eigenvalue weighted by molar-refractivity contribution is 0.299. The molecule has 24 heavy (non-hydrogen) atoms. The summed E-state index contributed by atoms with van der Waals surface area (Å²) in [6.07, 6.45) is 4.37. The van der Waals surface area contributed by atoms with E-state index in [1.54, 1.807) is 21.8 Å². The number of benzene rings is 1. The zero-order chi connectivity index (χ0) is 16.7. The van der Waals surface area contributed by atoms with E-state index >= 15 is 0 Å². The van der Waals surface area contributed by atoms with Gasteiger partial charge in [-0.1, -0.05) is 15.9 Å². The first-order valence-electron chi connectivity index (χ1n) is 7.73. The van der Waals surface area contributed by atoms with E-state index in [0.717, 1.165) is 44.6 Å². The van der Waals surface area contributed by atoms with Crippen molar-refractivity contribution >= 4 is 48.2 Å². The minimum Gasteiger partial charge on any atom is -0.486 e. The standard InChI is InChI=1S/C17H14Br2N2O2S/c18-10-5-6-14(12(19)7-10)23-9-11-8-16(22)21-13-3-1-2-4-15(13)24-17(21)20-11/h5-8H,1-4,9H2. The fraction of sp³-hybridized carbons (Fsp3) is 0.294. The molecule has 0 saturated carbocycles. The van der Waals surface area contributed by atoms with Crippen LogP contribution >= 0.6 is 43.2 Å². The predicted molar refractivity (Wildman–Crippen MR) is 102 cm³/mol. The van der Waals surface area contributed by atoms with Gasteiger partial charge in [-0.3, -0.25) is 9.20 Å². The number of aromatic nitrogens is 2. The molecule has 7 heteroatoms. The van der Waals surface area contributed by atoms with Crippen LogP contribution in [0.25, 0.3) is 4.96 Å². The van der Waals surface area contributed by atoms with Crippen LogP contribution in [0, 0.1) is 0 Å². The van der Waals surface area contributed by atoms with Crippen molar-refractivity contribution in [1.29, 1.82) is 0 Å². The van der Waals surface area contributed by atoms with Crippen molar-refractivity contribution in [2.24, 2.45) is 0 Å². The summed E-state index contributed by atoms with van der Waals surface area (Å²) in [5.74, 6) is 0.727. The first kappa shape index (κ1) is 16.3. The number of ether oxygens (including phenoxy) is 1. The van der Waals surface area contributed by atoms with Crippen LogP contribution in [-0.2, 0) is 19.4 Å². The molecule has 0 fully saturated rings. The molecular formula is C17H14Br2N2O2S. The highest BCUT2D eigenvalue weighted by Crippen LogP contribution is 2.30. The number of halogens is 2. The van der Waals surface area contributed by atoms with Crippen molar-refractivity contribution in [3.63, 3.8) is 0 Å². The van der Waals surface area contributed by atoms with Crippen LogP contribution < -0.4 is 10.3 Å². The van der Waals surface area contributed by atoms with Gasteiger partial charge >= 0.3 is 0 Å². The van der Waals surface area contributed by atoms with Gasteiger partial charge in [-0.15, -0.1) is 11.3 Å². The van der Waals surface area contributed by atoms with E-state index in [9.17, 15) is 4.79 Å². The minimum atomic E-state index is -0.00660. The van der Waals surface area contributed by atoms with Gasteiger partial charge in [0.05, 0.1) is 10.2 Å². The molecule has 3 aromatic rings. The molecule has 0 saturated heterocycles. The number of rotatable bonds is 3. The molecule has 0 radical (unpaired) electrons. The Hall–Kier alpha value is -1.18. The van der Waals surface area contributed by atoms with E-state index in [1.165, 1.54) is 11.3 Å². The summed E-state index contributed by atoms with van der Waals surface area (Å²) < 4.78 is 9.42.